The quantitative estimate of drug-likeness (QED) is 0.731. The predicted octanol–water partition coefficient (Wildman–Crippen LogP) is 3.27. The van der Waals surface area contributed by atoms with Crippen molar-refractivity contribution in [3.63, 3.8) is 0 Å². The van der Waals surface area contributed by atoms with Crippen LogP contribution in [0, 0.1) is 0 Å². The molecule has 0 N–H and O–H groups in total. The summed E-state index contributed by atoms with van der Waals surface area (Å²) in [6, 6.07) is 0. The minimum atomic E-state index is -1.87. The monoisotopic (exact) mass is 288 g/mol. The molecule has 19 heavy (non-hydrogen) atoms. The Morgan fingerprint density at radius 1 is 1.05 bits per heavy atom. The van der Waals surface area contributed by atoms with E-state index in [-0.39, 0.29) is 29.6 Å². The number of ether oxygens (including phenoxy) is 3. The van der Waals surface area contributed by atoms with Crippen LogP contribution in [0.1, 0.15) is 41.5 Å². The Hall–Kier alpha value is 0.0569. The Labute approximate surface area is 117 Å². The van der Waals surface area contributed by atoms with E-state index in [9.17, 15) is 0 Å². The SMILES string of the molecule is C[C@H]1O[C@H](O[Si](C)(C)C(C)(C)C)[C@H]2OC(C)(C)O[C@H]21. The Morgan fingerprint density at radius 2 is 1.58 bits per heavy atom. The normalized spacial score (nSPS) is 38.5. The number of hydrogen-bond acceptors (Lipinski definition) is 4. The van der Waals surface area contributed by atoms with E-state index in [4.69, 9.17) is 18.6 Å². The van der Waals surface area contributed by atoms with E-state index in [0.29, 0.717) is 0 Å². The van der Waals surface area contributed by atoms with Crippen molar-refractivity contribution < 1.29 is 18.6 Å². The molecule has 2 aliphatic rings. The van der Waals surface area contributed by atoms with Gasteiger partial charge in [-0.2, -0.15) is 0 Å². The van der Waals surface area contributed by atoms with Gasteiger partial charge in [-0.05, 0) is 38.9 Å². The number of rotatable bonds is 2. The minimum absolute atomic E-state index is 0.0153. The van der Waals surface area contributed by atoms with Gasteiger partial charge in [0, 0.05) is 0 Å². The lowest BCUT2D eigenvalue weighted by Gasteiger charge is -2.39. The molecule has 0 aliphatic carbocycles. The predicted molar refractivity (Wildman–Crippen MR) is 76.4 cm³/mol. The van der Waals surface area contributed by atoms with Gasteiger partial charge in [0.25, 0.3) is 0 Å². The molecule has 112 valence electrons. The van der Waals surface area contributed by atoms with Crippen molar-refractivity contribution in [3.8, 4) is 0 Å². The summed E-state index contributed by atoms with van der Waals surface area (Å²) in [6.45, 7) is 17.1. The molecule has 0 unspecified atom stereocenters. The summed E-state index contributed by atoms with van der Waals surface area (Å²) >= 11 is 0. The molecule has 2 fully saturated rings. The fraction of sp³-hybridized carbons (Fsp3) is 1.00. The van der Waals surface area contributed by atoms with Crippen LogP contribution in [-0.4, -0.2) is 38.7 Å². The minimum Gasteiger partial charge on any atom is -0.390 e. The van der Waals surface area contributed by atoms with Crippen LogP contribution in [0.25, 0.3) is 0 Å². The zero-order valence-corrected chi connectivity index (χ0v) is 14.4. The fourth-order valence-corrected chi connectivity index (χ4v) is 3.44. The first-order chi connectivity index (χ1) is 8.43. The first-order valence-electron chi connectivity index (χ1n) is 7.12. The molecular weight excluding hydrogens is 260 g/mol. The van der Waals surface area contributed by atoms with Crippen LogP contribution in [0.3, 0.4) is 0 Å². The Morgan fingerprint density at radius 3 is 2.11 bits per heavy atom. The fourth-order valence-electron chi connectivity index (χ4n) is 2.32. The van der Waals surface area contributed by atoms with Gasteiger partial charge in [0.2, 0.25) is 0 Å². The van der Waals surface area contributed by atoms with Crippen molar-refractivity contribution in [1.82, 2.24) is 0 Å². The van der Waals surface area contributed by atoms with Gasteiger partial charge in [-0.25, -0.2) is 0 Å². The standard InChI is InChI=1S/C14H28O4Si/c1-9-10-11(17-14(5,6)16-10)12(15-9)18-19(7,8)13(2,3)4/h9-12H,1-8H3/t9-,10+,11+,12-/m1/s1. The van der Waals surface area contributed by atoms with Crippen LogP contribution in [-0.2, 0) is 18.6 Å². The number of fused-ring (bicyclic) bond motifs is 1. The topological polar surface area (TPSA) is 36.9 Å². The Bertz CT molecular complexity index is 348. The molecule has 2 aliphatic heterocycles. The maximum absolute atomic E-state index is 6.35. The molecule has 0 aromatic heterocycles. The lowest BCUT2D eigenvalue weighted by Crippen LogP contribution is -2.47. The molecule has 0 saturated carbocycles. The summed E-state index contributed by atoms with van der Waals surface area (Å²) in [5.74, 6) is -0.539. The smallest absolute Gasteiger partial charge is 0.195 e. The third-order valence-electron chi connectivity index (χ3n) is 4.46. The molecule has 2 heterocycles. The van der Waals surface area contributed by atoms with Crippen molar-refractivity contribution in [3.05, 3.63) is 0 Å². The van der Waals surface area contributed by atoms with Crippen molar-refractivity contribution in [2.45, 2.75) is 90.1 Å². The third kappa shape index (κ3) is 2.90. The van der Waals surface area contributed by atoms with Crippen LogP contribution in [0.2, 0.25) is 18.1 Å². The molecule has 0 spiro atoms. The van der Waals surface area contributed by atoms with Crippen LogP contribution in [0.4, 0.5) is 0 Å². The van der Waals surface area contributed by atoms with Crippen LogP contribution in [0.15, 0.2) is 0 Å². The van der Waals surface area contributed by atoms with Gasteiger partial charge in [0.05, 0.1) is 6.10 Å². The van der Waals surface area contributed by atoms with E-state index in [1.165, 1.54) is 0 Å². The molecule has 2 saturated heterocycles. The highest BCUT2D eigenvalue weighted by Gasteiger charge is 2.56. The van der Waals surface area contributed by atoms with Crippen LogP contribution >= 0.6 is 0 Å². The lowest BCUT2D eigenvalue weighted by atomic mass is 10.2. The van der Waals surface area contributed by atoms with Crippen LogP contribution < -0.4 is 0 Å². The van der Waals surface area contributed by atoms with Gasteiger partial charge in [-0.15, -0.1) is 0 Å². The zero-order chi connectivity index (χ0) is 14.6. The van der Waals surface area contributed by atoms with Gasteiger partial charge >= 0.3 is 0 Å². The Kier molecular flexibility index (Phi) is 3.68. The maximum atomic E-state index is 6.35. The average Bonchev–Trinajstić information content (AvgIpc) is 2.62. The van der Waals surface area contributed by atoms with Crippen molar-refractivity contribution in [1.29, 1.82) is 0 Å². The van der Waals surface area contributed by atoms with Crippen molar-refractivity contribution >= 4 is 8.32 Å². The van der Waals surface area contributed by atoms with E-state index in [1.54, 1.807) is 0 Å². The average molecular weight is 288 g/mol. The highest BCUT2D eigenvalue weighted by atomic mass is 28.4. The first-order valence-corrected chi connectivity index (χ1v) is 10.0. The van der Waals surface area contributed by atoms with Gasteiger partial charge in [0.15, 0.2) is 20.4 Å². The summed E-state index contributed by atoms with van der Waals surface area (Å²) in [4.78, 5) is 0. The molecule has 0 amide bonds. The maximum Gasteiger partial charge on any atom is 0.195 e. The van der Waals surface area contributed by atoms with Gasteiger partial charge < -0.3 is 18.6 Å². The van der Waals surface area contributed by atoms with Crippen molar-refractivity contribution in [2.24, 2.45) is 0 Å². The molecular formula is C14H28O4Si. The Balaban J connectivity index is 2.11. The third-order valence-corrected chi connectivity index (χ3v) is 8.89. The molecule has 5 heteroatoms. The second kappa shape index (κ2) is 4.53. The summed E-state index contributed by atoms with van der Waals surface area (Å²) in [5.41, 5.74) is 0. The summed E-state index contributed by atoms with van der Waals surface area (Å²) in [7, 11) is -1.87. The van der Waals surface area contributed by atoms with Crippen LogP contribution in [0.5, 0.6) is 0 Å². The second-order valence-electron chi connectivity index (χ2n) is 7.65. The van der Waals surface area contributed by atoms with Gasteiger partial charge in [0.1, 0.15) is 12.2 Å². The molecule has 4 nitrogen and oxygen atoms in total. The van der Waals surface area contributed by atoms with E-state index < -0.39 is 14.1 Å². The first kappa shape index (κ1) is 15.4. The molecule has 0 bridgehead atoms. The number of hydrogen-bond donors (Lipinski definition) is 0. The van der Waals surface area contributed by atoms with Crippen molar-refractivity contribution in [2.75, 3.05) is 0 Å². The van der Waals surface area contributed by atoms with E-state index in [0.717, 1.165) is 0 Å². The highest BCUT2D eigenvalue weighted by molar-refractivity contribution is 6.74. The molecule has 0 aromatic carbocycles. The molecule has 0 aromatic rings. The molecule has 2 rings (SSSR count). The van der Waals surface area contributed by atoms with Gasteiger partial charge in [-0.1, -0.05) is 20.8 Å². The van der Waals surface area contributed by atoms with E-state index in [1.807, 2.05) is 20.8 Å². The molecule has 4 atom stereocenters. The lowest BCUT2D eigenvalue weighted by molar-refractivity contribution is -0.213. The highest BCUT2D eigenvalue weighted by Crippen LogP contribution is 2.43. The van der Waals surface area contributed by atoms with E-state index in [2.05, 4.69) is 33.9 Å². The van der Waals surface area contributed by atoms with E-state index >= 15 is 0 Å². The zero-order valence-electron chi connectivity index (χ0n) is 13.4. The van der Waals surface area contributed by atoms with Gasteiger partial charge in [-0.3, -0.25) is 0 Å². The second-order valence-corrected chi connectivity index (χ2v) is 12.4. The molecule has 0 radical (unpaired) electrons. The summed E-state index contributed by atoms with van der Waals surface area (Å²) < 4.78 is 24.1. The summed E-state index contributed by atoms with van der Waals surface area (Å²) in [5, 5.41) is 0.159. The largest absolute Gasteiger partial charge is 0.390 e. The summed E-state index contributed by atoms with van der Waals surface area (Å²) in [6.07, 6.45) is -0.423.